The molecule has 10 nitrogen and oxygen atoms in total. The lowest BCUT2D eigenvalue weighted by molar-refractivity contribution is 0.265. The second kappa shape index (κ2) is 9.35. The molecule has 34 heavy (non-hydrogen) atoms. The van der Waals surface area contributed by atoms with E-state index in [0.717, 1.165) is 35.3 Å². The number of methoxy groups -OCH3 is 3. The molecule has 5 rings (SSSR count). The van der Waals surface area contributed by atoms with E-state index in [4.69, 9.17) is 24.2 Å². The summed E-state index contributed by atoms with van der Waals surface area (Å²) < 4.78 is 18.2. The van der Waals surface area contributed by atoms with Gasteiger partial charge in [0.05, 0.1) is 51.2 Å². The monoisotopic (exact) mass is 482 g/mol. The molecule has 1 aliphatic rings. The summed E-state index contributed by atoms with van der Waals surface area (Å²) in [7, 11) is 4.75. The fourth-order valence-corrected chi connectivity index (χ4v) is 4.98. The highest BCUT2D eigenvalue weighted by Crippen LogP contribution is 2.39. The van der Waals surface area contributed by atoms with Gasteiger partial charge in [0.1, 0.15) is 22.8 Å². The Labute approximate surface area is 200 Å². The van der Waals surface area contributed by atoms with Crippen molar-refractivity contribution in [2.75, 3.05) is 44.7 Å². The summed E-state index contributed by atoms with van der Waals surface area (Å²) in [5.41, 5.74) is 0.807. The smallest absolute Gasteiger partial charge is 0.229 e. The number of rotatable bonds is 8. The molecule has 1 saturated heterocycles. The fraction of sp³-hybridized carbons (Fsp3) is 0.348. The van der Waals surface area contributed by atoms with Crippen molar-refractivity contribution < 1.29 is 19.3 Å². The van der Waals surface area contributed by atoms with Gasteiger partial charge in [0.25, 0.3) is 0 Å². The predicted octanol–water partition coefficient (Wildman–Crippen LogP) is 3.61. The molecule has 2 N–H and O–H groups in total. The van der Waals surface area contributed by atoms with Gasteiger partial charge in [0.2, 0.25) is 11.7 Å². The SMILES string of the molecule is COc1cc(-n2cnc(Nc3nc(N4CCCC4CO)nc4sccc34)c2)cc(OC)c1OC. The summed E-state index contributed by atoms with van der Waals surface area (Å²) >= 11 is 1.56. The maximum atomic E-state index is 9.75. The second-order valence-corrected chi connectivity index (χ2v) is 8.75. The highest BCUT2D eigenvalue weighted by molar-refractivity contribution is 7.16. The first-order valence-corrected chi connectivity index (χ1v) is 11.8. The molecule has 0 saturated carbocycles. The van der Waals surface area contributed by atoms with Crippen LogP contribution in [0.1, 0.15) is 12.8 Å². The highest BCUT2D eigenvalue weighted by Gasteiger charge is 2.27. The third kappa shape index (κ3) is 3.97. The molecule has 3 aromatic heterocycles. The number of thiophene rings is 1. The zero-order valence-electron chi connectivity index (χ0n) is 19.2. The van der Waals surface area contributed by atoms with E-state index < -0.39 is 0 Å². The molecule has 0 radical (unpaired) electrons. The van der Waals surface area contributed by atoms with Gasteiger partial charge >= 0.3 is 0 Å². The number of aliphatic hydroxyl groups excluding tert-OH is 1. The average Bonchev–Trinajstić information content (AvgIpc) is 3.63. The van der Waals surface area contributed by atoms with E-state index in [1.54, 1.807) is 39.0 Å². The van der Waals surface area contributed by atoms with Crippen LogP contribution in [0.15, 0.2) is 36.1 Å². The maximum absolute atomic E-state index is 9.75. The molecule has 1 fully saturated rings. The lowest BCUT2D eigenvalue weighted by Gasteiger charge is -2.23. The van der Waals surface area contributed by atoms with Crippen molar-refractivity contribution in [3.05, 3.63) is 36.1 Å². The number of imidazole rings is 1. The molecule has 0 spiro atoms. The summed E-state index contributed by atoms with van der Waals surface area (Å²) in [6.07, 6.45) is 5.52. The van der Waals surface area contributed by atoms with Crippen molar-refractivity contribution in [1.29, 1.82) is 0 Å². The molecule has 4 aromatic rings. The first-order valence-electron chi connectivity index (χ1n) is 10.9. The van der Waals surface area contributed by atoms with Crippen LogP contribution in [0.3, 0.4) is 0 Å². The molecular weight excluding hydrogens is 456 g/mol. The molecule has 1 aliphatic heterocycles. The van der Waals surface area contributed by atoms with E-state index in [9.17, 15) is 5.11 Å². The van der Waals surface area contributed by atoms with E-state index in [1.807, 2.05) is 34.3 Å². The van der Waals surface area contributed by atoms with Crippen LogP contribution in [0.4, 0.5) is 17.6 Å². The van der Waals surface area contributed by atoms with Crippen molar-refractivity contribution in [2.45, 2.75) is 18.9 Å². The van der Waals surface area contributed by atoms with E-state index in [2.05, 4.69) is 15.2 Å². The Kier molecular flexibility index (Phi) is 6.12. The predicted molar refractivity (Wildman–Crippen MR) is 131 cm³/mol. The molecule has 0 amide bonds. The number of aliphatic hydroxyl groups is 1. The van der Waals surface area contributed by atoms with Crippen LogP contribution in [0.5, 0.6) is 17.2 Å². The van der Waals surface area contributed by atoms with E-state index in [1.165, 1.54) is 0 Å². The Morgan fingerprint density at radius 1 is 1.15 bits per heavy atom. The minimum absolute atomic E-state index is 0.0458. The second-order valence-electron chi connectivity index (χ2n) is 7.86. The summed E-state index contributed by atoms with van der Waals surface area (Å²) in [5.74, 6) is 3.59. The van der Waals surface area contributed by atoms with Gasteiger partial charge < -0.3 is 34.1 Å². The van der Waals surface area contributed by atoms with E-state index in [-0.39, 0.29) is 12.6 Å². The summed E-state index contributed by atoms with van der Waals surface area (Å²) in [6.45, 7) is 0.922. The van der Waals surface area contributed by atoms with Gasteiger partial charge in [-0.15, -0.1) is 11.3 Å². The molecule has 0 bridgehead atoms. The topological polar surface area (TPSA) is 107 Å². The number of fused-ring (bicyclic) bond motifs is 1. The Morgan fingerprint density at radius 3 is 2.65 bits per heavy atom. The Bertz CT molecular complexity index is 1280. The van der Waals surface area contributed by atoms with Gasteiger partial charge in [-0.3, -0.25) is 0 Å². The van der Waals surface area contributed by atoms with E-state index in [0.29, 0.717) is 34.8 Å². The first kappa shape index (κ1) is 22.2. The normalized spacial score (nSPS) is 15.6. The van der Waals surface area contributed by atoms with Crippen molar-refractivity contribution in [3.63, 3.8) is 0 Å². The van der Waals surface area contributed by atoms with Gasteiger partial charge in [0, 0.05) is 18.7 Å². The van der Waals surface area contributed by atoms with Crippen LogP contribution in [-0.4, -0.2) is 65.1 Å². The number of anilines is 3. The molecular formula is C23H26N6O4S. The first-order chi connectivity index (χ1) is 16.6. The van der Waals surface area contributed by atoms with Crippen molar-refractivity contribution >= 4 is 39.1 Å². The minimum atomic E-state index is 0.0458. The quantitative estimate of drug-likeness (QED) is 0.389. The van der Waals surface area contributed by atoms with Crippen LogP contribution in [0, 0.1) is 0 Å². The number of benzene rings is 1. The lowest BCUT2D eigenvalue weighted by Crippen LogP contribution is -2.33. The summed E-state index contributed by atoms with van der Waals surface area (Å²) in [4.78, 5) is 17.0. The molecule has 0 aliphatic carbocycles. The standard InChI is InChI=1S/C23H26N6O4S/c1-31-17-9-15(10-18(32-2)20(17)33-3)28-11-19(24-13-28)25-21-16-6-8-34-22(16)27-23(26-21)29-7-4-5-14(29)12-30/h6,8-11,13-14,30H,4-5,7,12H2,1-3H3,(H,25,26,27). The van der Waals surface area contributed by atoms with Crippen molar-refractivity contribution in [1.82, 2.24) is 19.5 Å². The number of ether oxygens (including phenoxy) is 3. The lowest BCUT2D eigenvalue weighted by atomic mass is 10.2. The highest BCUT2D eigenvalue weighted by atomic mass is 32.1. The summed E-state index contributed by atoms with van der Waals surface area (Å²) in [6, 6.07) is 5.75. The van der Waals surface area contributed by atoms with Crippen molar-refractivity contribution in [2.24, 2.45) is 0 Å². The minimum Gasteiger partial charge on any atom is -0.493 e. The number of nitrogens with one attached hydrogen (secondary N) is 1. The van der Waals surface area contributed by atoms with Crippen LogP contribution in [-0.2, 0) is 0 Å². The van der Waals surface area contributed by atoms with Crippen LogP contribution >= 0.6 is 11.3 Å². The Balaban J connectivity index is 1.47. The van der Waals surface area contributed by atoms with Crippen LogP contribution < -0.4 is 24.4 Å². The Morgan fingerprint density at radius 2 is 1.94 bits per heavy atom. The number of hydrogen-bond donors (Lipinski definition) is 2. The van der Waals surface area contributed by atoms with Gasteiger partial charge in [-0.05, 0) is 24.3 Å². The molecule has 178 valence electrons. The van der Waals surface area contributed by atoms with Crippen molar-refractivity contribution in [3.8, 4) is 22.9 Å². The zero-order valence-corrected chi connectivity index (χ0v) is 20.0. The molecule has 1 unspecified atom stereocenters. The molecule has 1 aromatic carbocycles. The molecule has 1 atom stereocenters. The Hall–Kier alpha value is -3.57. The zero-order chi connectivity index (χ0) is 23.7. The summed E-state index contributed by atoms with van der Waals surface area (Å²) in [5, 5.41) is 16.0. The number of nitrogens with zero attached hydrogens (tertiary/aromatic N) is 5. The van der Waals surface area contributed by atoms with Gasteiger partial charge in [-0.2, -0.15) is 4.98 Å². The largest absolute Gasteiger partial charge is 0.493 e. The van der Waals surface area contributed by atoms with Gasteiger partial charge in [0.15, 0.2) is 11.5 Å². The molecule has 11 heteroatoms. The molecule has 4 heterocycles. The maximum Gasteiger partial charge on any atom is 0.229 e. The third-order valence-corrected chi connectivity index (χ3v) is 6.74. The number of hydrogen-bond acceptors (Lipinski definition) is 10. The van der Waals surface area contributed by atoms with Crippen LogP contribution in [0.25, 0.3) is 15.9 Å². The van der Waals surface area contributed by atoms with E-state index >= 15 is 0 Å². The average molecular weight is 483 g/mol. The third-order valence-electron chi connectivity index (χ3n) is 5.93. The fourth-order valence-electron chi connectivity index (χ4n) is 4.22. The van der Waals surface area contributed by atoms with Gasteiger partial charge in [-0.1, -0.05) is 0 Å². The van der Waals surface area contributed by atoms with Gasteiger partial charge in [-0.25, -0.2) is 9.97 Å². The van der Waals surface area contributed by atoms with Crippen LogP contribution in [0.2, 0.25) is 0 Å². The number of aromatic nitrogens is 4.